The molecular weight excluding hydrogens is 340 g/mol. The Hall–Kier alpha value is -0.400. The second-order valence-electron chi connectivity index (χ2n) is 5.52. The standard InChI is InChI=1S/C13H14Cl2FNO3S/c14-10-3-4-11(12(15)13(10)16)21(19,20)17-7-1-2-8(17)6-9(18)5-7/h3-4,7-9,18H,1-2,5-6H2. The van der Waals surface area contributed by atoms with Crippen molar-refractivity contribution in [3.8, 4) is 0 Å². The first-order chi connectivity index (χ1) is 9.82. The summed E-state index contributed by atoms with van der Waals surface area (Å²) in [6.45, 7) is 0. The average molecular weight is 354 g/mol. The van der Waals surface area contributed by atoms with Crippen LogP contribution in [0.4, 0.5) is 4.39 Å². The van der Waals surface area contributed by atoms with E-state index in [4.69, 9.17) is 23.2 Å². The van der Waals surface area contributed by atoms with Gasteiger partial charge in [-0.25, -0.2) is 12.8 Å². The molecule has 0 spiro atoms. The highest BCUT2D eigenvalue weighted by molar-refractivity contribution is 7.89. The minimum absolute atomic E-state index is 0.212. The Morgan fingerprint density at radius 2 is 1.76 bits per heavy atom. The molecule has 2 aliphatic heterocycles. The van der Waals surface area contributed by atoms with Crippen molar-refractivity contribution >= 4 is 33.2 Å². The lowest BCUT2D eigenvalue weighted by atomic mass is 10.0. The highest BCUT2D eigenvalue weighted by atomic mass is 35.5. The maximum atomic E-state index is 13.8. The summed E-state index contributed by atoms with van der Waals surface area (Å²) in [6.07, 6.45) is 1.74. The largest absolute Gasteiger partial charge is 0.393 e. The van der Waals surface area contributed by atoms with Gasteiger partial charge in [0.15, 0.2) is 5.82 Å². The second kappa shape index (κ2) is 5.35. The van der Waals surface area contributed by atoms with Crippen molar-refractivity contribution in [3.63, 3.8) is 0 Å². The number of fused-ring (bicyclic) bond motifs is 2. The predicted molar refractivity (Wildman–Crippen MR) is 77.5 cm³/mol. The van der Waals surface area contributed by atoms with E-state index < -0.39 is 27.0 Å². The topological polar surface area (TPSA) is 57.6 Å². The monoisotopic (exact) mass is 353 g/mol. The van der Waals surface area contributed by atoms with Gasteiger partial charge in [0, 0.05) is 12.1 Å². The zero-order valence-electron chi connectivity index (χ0n) is 11.0. The number of hydrogen-bond acceptors (Lipinski definition) is 3. The molecule has 1 aromatic rings. The molecule has 1 aromatic carbocycles. The molecule has 2 unspecified atom stereocenters. The lowest BCUT2D eigenvalue weighted by Gasteiger charge is -2.36. The molecule has 2 bridgehead atoms. The molecule has 2 aliphatic rings. The first-order valence-electron chi connectivity index (χ1n) is 6.67. The molecule has 2 saturated heterocycles. The van der Waals surface area contributed by atoms with Gasteiger partial charge < -0.3 is 5.11 Å². The van der Waals surface area contributed by atoms with E-state index in [0.717, 1.165) is 0 Å². The Labute approximate surface area is 132 Å². The number of halogens is 3. The van der Waals surface area contributed by atoms with Crippen LogP contribution in [-0.2, 0) is 10.0 Å². The molecule has 2 heterocycles. The smallest absolute Gasteiger partial charge is 0.245 e. The molecule has 0 amide bonds. The van der Waals surface area contributed by atoms with Crippen molar-refractivity contribution in [2.24, 2.45) is 0 Å². The van der Waals surface area contributed by atoms with E-state index >= 15 is 0 Å². The number of sulfonamides is 1. The molecule has 21 heavy (non-hydrogen) atoms. The van der Waals surface area contributed by atoms with E-state index in [1.165, 1.54) is 16.4 Å². The molecule has 1 N–H and O–H groups in total. The minimum Gasteiger partial charge on any atom is -0.393 e. The van der Waals surface area contributed by atoms with Crippen LogP contribution in [0.2, 0.25) is 10.0 Å². The summed E-state index contributed by atoms with van der Waals surface area (Å²) in [7, 11) is -3.90. The molecule has 3 rings (SSSR count). The average Bonchev–Trinajstić information content (AvgIpc) is 2.69. The molecular formula is C13H14Cl2FNO3S. The van der Waals surface area contributed by atoms with Crippen molar-refractivity contribution in [2.75, 3.05) is 0 Å². The third-order valence-corrected chi connectivity index (χ3v) is 7.02. The van der Waals surface area contributed by atoms with Gasteiger partial charge in [-0.05, 0) is 37.8 Å². The van der Waals surface area contributed by atoms with Gasteiger partial charge in [-0.3, -0.25) is 0 Å². The number of piperidine rings is 1. The second-order valence-corrected chi connectivity index (χ2v) is 8.12. The molecule has 2 atom stereocenters. The predicted octanol–water partition coefficient (Wildman–Crippen LogP) is 2.81. The molecule has 116 valence electrons. The molecule has 8 heteroatoms. The van der Waals surface area contributed by atoms with Gasteiger partial charge in [-0.15, -0.1) is 0 Å². The van der Waals surface area contributed by atoms with Gasteiger partial charge >= 0.3 is 0 Å². The van der Waals surface area contributed by atoms with Crippen LogP contribution < -0.4 is 0 Å². The molecule has 0 aliphatic carbocycles. The normalized spacial score (nSPS) is 29.8. The van der Waals surface area contributed by atoms with Crippen molar-refractivity contribution in [3.05, 3.63) is 28.0 Å². The maximum absolute atomic E-state index is 13.8. The molecule has 0 radical (unpaired) electrons. The van der Waals surface area contributed by atoms with Crippen LogP contribution in [0.15, 0.2) is 17.0 Å². The molecule has 4 nitrogen and oxygen atoms in total. The van der Waals surface area contributed by atoms with Gasteiger partial charge in [0.05, 0.1) is 16.1 Å². The van der Waals surface area contributed by atoms with E-state index in [0.29, 0.717) is 25.7 Å². The Morgan fingerprint density at radius 1 is 1.19 bits per heavy atom. The van der Waals surface area contributed by atoms with Gasteiger partial charge in [-0.2, -0.15) is 4.31 Å². The Morgan fingerprint density at radius 3 is 2.33 bits per heavy atom. The number of aliphatic hydroxyl groups excluding tert-OH is 1. The van der Waals surface area contributed by atoms with E-state index in [2.05, 4.69) is 0 Å². The Bertz CT molecular complexity index is 668. The van der Waals surface area contributed by atoms with Crippen LogP contribution in [0.25, 0.3) is 0 Å². The van der Waals surface area contributed by atoms with Crippen molar-refractivity contribution < 1.29 is 17.9 Å². The lowest BCUT2D eigenvalue weighted by molar-refractivity contribution is 0.0768. The minimum atomic E-state index is -3.90. The Kier molecular flexibility index (Phi) is 3.95. The van der Waals surface area contributed by atoms with Gasteiger partial charge in [0.25, 0.3) is 0 Å². The summed E-state index contributed by atoms with van der Waals surface area (Å²) in [6, 6.07) is 1.92. The van der Waals surface area contributed by atoms with Crippen molar-refractivity contribution in [1.29, 1.82) is 0 Å². The van der Waals surface area contributed by atoms with E-state index in [1.54, 1.807) is 0 Å². The van der Waals surface area contributed by atoms with Crippen LogP contribution in [0, 0.1) is 5.82 Å². The van der Waals surface area contributed by atoms with Crippen LogP contribution in [0.1, 0.15) is 25.7 Å². The van der Waals surface area contributed by atoms with Crippen LogP contribution in [0.5, 0.6) is 0 Å². The van der Waals surface area contributed by atoms with Crippen LogP contribution >= 0.6 is 23.2 Å². The number of nitrogens with zero attached hydrogens (tertiary/aromatic N) is 1. The highest BCUT2D eigenvalue weighted by Crippen LogP contribution is 2.41. The zero-order valence-corrected chi connectivity index (χ0v) is 13.3. The fourth-order valence-corrected chi connectivity index (χ4v) is 5.93. The molecule has 0 aromatic heterocycles. The zero-order chi connectivity index (χ0) is 15.4. The lowest BCUT2D eigenvalue weighted by Crippen LogP contribution is -2.47. The Balaban J connectivity index is 2.04. The number of rotatable bonds is 2. The van der Waals surface area contributed by atoms with E-state index in [1.807, 2.05) is 0 Å². The van der Waals surface area contributed by atoms with Gasteiger partial charge in [0.2, 0.25) is 10.0 Å². The van der Waals surface area contributed by atoms with Gasteiger partial charge in [-0.1, -0.05) is 23.2 Å². The first kappa shape index (κ1) is 15.5. The SMILES string of the molecule is O=S(=O)(c1ccc(Cl)c(F)c1Cl)N1C2CCC1CC(O)C2. The quantitative estimate of drug-likeness (QED) is 0.831. The first-order valence-corrected chi connectivity index (χ1v) is 8.87. The highest BCUT2D eigenvalue weighted by Gasteiger charge is 2.47. The fraction of sp³-hybridized carbons (Fsp3) is 0.538. The van der Waals surface area contributed by atoms with Crippen molar-refractivity contribution in [2.45, 2.75) is 48.8 Å². The number of hydrogen-bond donors (Lipinski definition) is 1. The summed E-state index contributed by atoms with van der Waals surface area (Å²) in [5.41, 5.74) is 0. The summed E-state index contributed by atoms with van der Waals surface area (Å²) in [4.78, 5) is -0.264. The number of benzene rings is 1. The summed E-state index contributed by atoms with van der Waals surface area (Å²) < 4.78 is 40.7. The summed E-state index contributed by atoms with van der Waals surface area (Å²) in [5.74, 6) is -0.927. The van der Waals surface area contributed by atoms with Crippen molar-refractivity contribution in [1.82, 2.24) is 4.31 Å². The number of aliphatic hydroxyl groups is 1. The fourth-order valence-electron chi connectivity index (χ4n) is 3.32. The van der Waals surface area contributed by atoms with Crippen LogP contribution in [0.3, 0.4) is 0 Å². The summed E-state index contributed by atoms with van der Waals surface area (Å²) >= 11 is 11.4. The van der Waals surface area contributed by atoms with E-state index in [-0.39, 0.29) is 22.0 Å². The summed E-state index contributed by atoms with van der Waals surface area (Å²) in [5, 5.41) is 9.06. The molecule has 0 saturated carbocycles. The van der Waals surface area contributed by atoms with Crippen LogP contribution in [-0.4, -0.2) is 36.0 Å². The maximum Gasteiger partial charge on any atom is 0.245 e. The molecule has 2 fully saturated rings. The third-order valence-electron chi connectivity index (χ3n) is 4.20. The third kappa shape index (κ3) is 2.47. The van der Waals surface area contributed by atoms with Gasteiger partial charge in [0.1, 0.15) is 4.90 Å². The van der Waals surface area contributed by atoms with E-state index in [9.17, 15) is 17.9 Å².